The number of hydrogen-bond donors (Lipinski definition) is 0. The lowest BCUT2D eigenvalue weighted by atomic mass is 10.1. The van der Waals surface area contributed by atoms with E-state index in [-0.39, 0.29) is 0 Å². The maximum absolute atomic E-state index is 4.55. The summed E-state index contributed by atoms with van der Waals surface area (Å²) in [5.74, 6) is 0. The van der Waals surface area contributed by atoms with Crippen molar-refractivity contribution in [2.45, 2.75) is 51.0 Å². The molecule has 0 unspecified atom stereocenters. The van der Waals surface area contributed by atoms with Gasteiger partial charge in [0.05, 0.1) is 17.9 Å². The Hall–Kier alpha value is -0.990. The fraction of sp³-hybridized carbons (Fsp3) is 0.769. The number of piperidine rings is 1. The van der Waals surface area contributed by atoms with Gasteiger partial charge in [-0.15, -0.1) is 0 Å². The molecular formula is C13H21N3. The molecule has 1 aromatic rings. The summed E-state index contributed by atoms with van der Waals surface area (Å²) in [5.41, 5.74) is 1.34. The Morgan fingerprint density at radius 1 is 1.00 bits per heavy atom. The standard InChI is InChI=1S/C13H21N3/c1-4-8-15(9-5-1)13-10-14-16(11-13)12-6-2-3-7-12/h10-12H,1-9H2. The fourth-order valence-corrected chi connectivity index (χ4v) is 3.01. The Morgan fingerprint density at radius 3 is 2.50 bits per heavy atom. The van der Waals surface area contributed by atoms with E-state index >= 15 is 0 Å². The first-order valence-electron chi connectivity index (χ1n) is 6.72. The van der Waals surface area contributed by atoms with Crippen molar-refractivity contribution in [1.29, 1.82) is 0 Å². The van der Waals surface area contributed by atoms with Crippen molar-refractivity contribution >= 4 is 5.69 Å². The molecule has 3 rings (SSSR count). The van der Waals surface area contributed by atoms with Crippen molar-refractivity contribution in [3.8, 4) is 0 Å². The van der Waals surface area contributed by atoms with Crippen LogP contribution >= 0.6 is 0 Å². The summed E-state index contributed by atoms with van der Waals surface area (Å²) in [6, 6.07) is 0.679. The number of rotatable bonds is 2. The van der Waals surface area contributed by atoms with E-state index in [4.69, 9.17) is 0 Å². The maximum atomic E-state index is 4.55. The van der Waals surface area contributed by atoms with Crippen molar-refractivity contribution in [3.05, 3.63) is 12.4 Å². The van der Waals surface area contributed by atoms with Crippen molar-refractivity contribution in [1.82, 2.24) is 9.78 Å². The zero-order valence-corrected chi connectivity index (χ0v) is 9.94. The van der Waals surface area contributed by atoms with Gasteiger partial charge in [-0.05, 0) is 32.1 Å². The van der Waals surface area contributed by atoms with Crippen molar-refractivity contribution in [2.75, 3.05) is 18.0 Å². The molecule has 2 aliphatic rings. The van der Waals surface area contributed by atoms with Gasteiger partial charge < -0.3 is 4.90 Å². The molecule has 1 aliphatic carbocycles. The van der Waals surface area contributed by atoms with Crippen LogP contribution in [-0.4, -0.2) is 22.9 Å². The van der Waals surface area contributed by atoms with Gasteiger partial charge in [0, 0.05) is 19.3 Å². The second kappa shape index (κ2) is 4.48. The van der Waals surface area contributed by atoms with E-state index in [1.165, 1.54) is 63.7 Å². The van der Waals surface area contributed by atoms with Crippen LogP contribution in [0.3, 0.4) is 0 Å². The van der Waals surface area contributed by atoms with Gasteiger partial charge in [-0.1, -0.05) is 12.8 Å². The van der Waals surface area contributed by atoms with Gasteiger partial charge in [0.1, 0.15) is 0 Å². The SMILES string of the molecule is c1nn(C2CCCC2)cc1N1CCCCC1. The lowest BCUT2D eigenvalue weighted by Crippen LogP contribution is -2.28. The van der Waals surface area contributed by atoms with Gasteiger partial charge in [0.15, 0.2) is 0 Å². The molecule has 0 bridgehead atoms. The summed E-state index contributed by atoms with van der Waals surface area (Å²) in [6.45, 7) is 2.44. The molecule has 1 aromatic heterocycles. The Balaban J connectivity index is 1.71. The van der Waals surface area contributed by atoms with Crippen LogP contribution in [0.25, 0.3) is 0 Å². The van der Waals surface area contributed by atoms with E-state index in [1.807, 2.05) is 0 Å². The van der Waals surface area contributed by atoms with Gasteiger partial charge in [-0.2, -0.15) is 5.10 Å². The third-order valence-corrected chi connectivity index (χ3v) is 4.01. The highest BCUT2D eigenvalue weighted by Gasteiger charge is 2.19. The maximum Gasteiger partial charge on any atom is 0.0752 e. The first-order chi connectivity index (χ1) is 7.93. The predicted octanol–water partition coefficient (Wildman–Crippen LogP) is 2.99. The molecule has 16 heavy (non-hydrogen) atoms. The van der Waals surface area contributed by atoms with Crippen LogP contribution in [0.15, 0.2) is 12.4 Å². The van der Waals surface area contributed by atoms with E-state index in [0.717, 1.165) is 0 Å². The fourth-order valence-electron chi connectivity index (χ4n) is 3.01. The zero-order chi connectivity index (χ0) is 10.8. The quantitative estimate of drug-likeness (QED) is 0.762. The molecule has 1 aliphatic heterocycles. The average molecular weight is 219 g/mol. The predicted molar refractivity (Wildman–Crippen MR) is 65.8 cm³/mol. The first kappa shape index (κ1) is 10.2. The van der Waals surface area contributed by atoms with Crippen LogP contribution in [0.5, 0.6) is 0 Å². The third-order valence-electron chi connectivity index (χ3n) is 4.01. The molecule has 0 amide bonds. The van der Waals surface area contributed by atoms with Crippen molar-refractivity contribution in [3.63, 3.8) is 0 Å². The van der Waals surface area contributed by atoms with Crippen molar-refractivity contribution < 1.29 is 0 Å². The van der Waals surface area contributed by atoms with Gasteiger partial charge in [0.2, 0.25) is 0 Å². The molecule has 0 radical (unpaired) electrons. The molecule has 2 heterocycles. The Morgan fingerprint density at radius 2 is 1.75 bits per heavy atom. The minimum absolute atomic E-state index is 0.679. The van der Waals surface area contributed by atoms with Gasteiger partial charge in [0.25, 0.3) is 0 Å². The molecule has 0 N–H and O–H groups in total. The largest absolute Gasteiger partial charge is 0.369 e. The van der Waals surface area contributed by atoms with Gasteiger partial charge >= 0.3 is 0 Å². The van der Waals surface area contributed by atoms with Gasteiger partial charge in [-0.3, -0.25) is 4.68 Å². The number of anilines is 1. The second-order valence-electron chi connectivity index (χ2n) is 5.16. The van der Waals surface area contributed by atoms with E-state index in [2.05, 4.69) is 27.1 Å². The molecule has 2 fully saturated rings. The topological polar surface area (TPSA) is 21.1 Å². The average Bonchev–Trinajstić information content (AvgIpc) is 3.01. The lowest BCUT2D eigenvalue weighted by molar-refractivity contribution is 0.466. The summed E-state index contributed by atoms with van der Waals surface area (Å²) in [6.07, 6.45) is 13.8. The van der Waals surface area contributed by atoms with Crippen LogP contribution in [0.2, 0.25) is 0 Å². The Bertz CT molecular complexity index is 333. The molecule has 1 saturated carbocycles. The van der Waals surface area contributed by atoms with Crippen LogP contribution in [0.1, 0.15) is 51.0 Å². The first-order valence-corrected chi connectivity index (χ1v) is 6.72. The lowest BCUT2D eigenvalue weighted by Gasteiger charge is -2.27. The van der Waals surface area contributed by atoms with Gasteiger partial charge in [-0.25, -0.2) is 0 Å². The van der Waals surface area contributed by atoms with E-state index < -0.39 is 0 Å². The normalized spacial score (nSPS) is 22.9. The van der Waals surface area contributed by atoms with Crippen LogP contribution in [0.4, 0.5) is 5.69 Å². The minimum Gasteiger partial charge on any atom is -0.369 e. The van der Waals surface area contributed by atoms with Crippen LogP contribution in [-0.2, 0) is 0 Å². The zero-order valence-electron chi connectivity index (χ0n) is 9.94. The molecule has 0 spiro atoms. The molecule has 0 aromatic carbocycles. The third kappa shape index (κ3) is 1.95. The monoisotopic (exact) mass is 219 g/mol. The number of aromatic nitrogens is 2. The smallest absolute Gasteiger partial charge is 0.0752 e. The number of hydrogen-bond acceptors (Lipinski definition) is 2. The molecule has 0 atom stereocenters. The highest BCUT2D eigenvalue weighted by Crippen LogP contribution is 2.30. The summed E-state index contributed by atoms with van der Waals surface area (Å²) in [7, 11) is 0. The number of nitrogens with zero attached hydrogens (tertiary/aromatic N) is 3. The highest BCUT2D eigenvalue weighted by atomic mass is 15.3. The van der Waals surface area contributed by atoms with Crippen LogP contribution < -0.4 is 4.90 Å². The Labute approximate surface area is 97.4 Å². The van der Waals surface area contributed by atoms with E-state index in [9.17, 15) is 0 Å². The van der Waals surface area contributed by atoms with E-state index in [1.54, 1.807) is 0 Å². The molecule has 3 nitrogen and oxygen atoms in total. The minimum atomic E-state index is 0.679. The summed E-state index contributed by atoms with van der Waals surface area (Å²) >= 11 is 0. The molecule has 1 saturated heterocycles. The second-order valence-corrected chi connectivity index (χ2v) is 5.16. The van der Waals surface area contributed by atoms with Crippen LogP contribution in [0, 0.1) is 0 Å². The molecule has 88 valence electrons. The van der Waals surface area contributed by atoms with E-state index in [0.29, 0.717) is 6.04 Å². The molecular weight excluding hydrogens is 198 g/mol. The summed E-state index contributed by atoms with van der Waals surface area (Å²) in [4.78, 5) is 2.49. The molecule has 3 heteroatoms. The van der Waals surface area contributed by atoms with Crippen molar-refractivity contribution in [2.24, 2.45) is 0 Å². The Kier molecular flexibility index (Phi) is 2.85. The summed E-state index contributed by atoms with van der Waals surface area (Å²) < 4.78 is 2.21. The summed E-state index contributed by atoms with van der Waals surface area (Å²) in [5, 5.41) is 4.55. The highest BCUT2D eigenvalue weighted by molar-refractivity contribution is 5.42.